The van der Waals surface area contributed by atoms with E-state index >= 15 is 0 Å². The van der Waals surface area contributed by atoms with Gasteiger partial charge in [-0.3, -0.25) is 20.2 Å². The van der Waals surface area contributed by atoms with Crippen molar-refractivity contribution in [2.24, 2.45) is 0 Å². The molecule has 0 bridgehead atoms. The van der Waals surface area contributed by atoms with Crippen molar-refractivity contribution in [2.75, 3.05) is 5.32 Å². The van der Waals surface area contributed by atoms with E-state index in [9.17, 15) is 14.9 Å². The summed E-state index contributed by atoms with van der Waals surface area (Å²) in [5, 5.41) is 20.7. The number of nitro groups is 1. The summed E-state index contributed by atoms with van der Waals surface area (Å²) in [7, 11) is 0. The van der Waals surface area contributed by atoms with Crippen LogP contribution in [0.4, 0.5) is 10.8 Å². The highest BCUT2D eigenvalue weighted by Crippen LogP contribution is 2.14. The van der Waals surface area contributed by atoms with Gasteiger partial charge in [-0.25, -0.2) is 0 Å². The first-order valence-corrected chi connectivity index (χ1v) is 6.03. The fourth-order valence-electron chi connectivity index (χ4n) is 1.29. The third-order valence-electron chi connectivity index (χ3n) is 2.10. The quantitative estimate of drug-likeness (QED) is 0.524. The summed E-state index contributed by atoms with van der Waals surface area (Å²) >= 11 is 1.20. The highest BCUT2D eigenvalue weighted by atomic mass is 32.1. The van der Waals surface area contributed by atoms with Crippen LogP contribution in [-0.2, 0) is 4.79 Å². The lowest BCUT2D eigenvalue weighted by molar-refractivity contribution is -0.384. The number of nitro benzene ring substituents is 1. The lowest BCUT2D eigenvalue weighted by Crippen LogP contribution is -2.07. The number of carbonyl (C=O) groups excluding carboxylic acids is 1. The minimum atomic E-state index is -0.487. The fraction of sp³-hybridized carbons (Fsp3) is 0. The van der Waals surface area contributed by atoms with Crippen molar-refractivity contribution < 1.29 is 9.72 Å². The van der Waals surface area contributed by atoms with Gasteiger partial charge in [0.25, 0.3) is 5.69 Å². The van der Waals surface area contributed by atoms with Gasteiger partial charge in [0.1, 0.15) is 5.51 Å². The van der Waals surface area contributed by atoms with Gasteiger partial charge in [-0.1, -0.05) is 23.5 Å². The van der Waals surface area contributed by atoms with Gasteiger partial charge in [0, 0.05) is 18.2 Å². The van der Waals surface area contributed by atoms with Gasteiger partial charge >= 0.3 is 0 Å². The Morgan fingerprint density at radius 1 is 1.47 bits per heavy atom. The number of carbonyl (C=O) groups is 1. The van der Waals surface area contributed by atoms with Crippen LogP contribution in [0.15, 0.2) is 35.9 Å². The van der Waals surface area contributed by atoms with Gasteiger partial charge < -0.3 is 0 Å². The Morgan fingerprint density at radius 2 is 2.32 bits per heavy atom. The zero-order valence-corrected chi connectivity index (χ0v) is 10.3. The summed E-state index contributed by atoms with van der Waals surface area (Å²) in [6, 6.07) is 6.00. The van der Waals surface area contributed by atoms with Crippen LogP contribution in [0, 0.1) is 10.1 Å². The molecule has 0 spiro atoms. The maximum absolute atomic E-state index is 11.5. The van der Waals surface area contributed by atoms with Crippen LogP contribution < -0.4 is 5.32 Å². The van der Waals surface area contributed by atoms with Crippen molar-refractivity contribution in [1.29, 1.82) is 0 Å². The second-order valence-electron chi connectivity index (χ2n) is 3.42. The smallest absolute Gasteiger partial charge is 0.270 e. The number of aromatic nitrogens is 2. The molecule has 0 atom stereocenters. The Kier molecular flexibility index (Phi) is 3.94. The van der Waals surface area contributed by atoms with E-state index in [1.807, 2.05) is 0 Å². The standard InChI is InChI=1S/C11H8N4O3S/c16-10(13-11-14-12-7-19-11)5-4-8-2-1-3-9(6-8)15(17)18/h1-7H,(H,13,14,16)/b5-4+. The zero-order chi connectivity index (χ0) is 13.7. The molecule has 8 heteroatoms. The van der Waals surface area contributed by atoms with Gasteiger partial charge in [0.05, 0.1) is 4.92 Å². The van der Waals surface area contributed by atoms with Crippen molar-refractivity contribution in [1.82, 2.24) is 10.2 Å². The first-order chi connectivity index (χ1) is 9.15. The summed E-state index contributed by atoms with van der Waals surface area (Å²) in [5.74, 6) is -0.372. The number of nitrogens with zero attached hydrogens (tertiary/aromatic N) is 3. The van der Waals surface area contributed by atoms with Gasteiger partial charge in [0.15, 0.2) is 0 Å². The predicted octanol–water partition coefficient (Wildman–Crippen LogP) is 2.10. The lowest BCUT2D eigenvalue weighted by Gasteiger charge is -1.95. The highest BCUT2D eigenvalue weighted by Gasteiger charge is 2.04. The Morgan fingerprint density at radius 3 is 3.00 bits per heavy atom. The van der Waals surface area contributed by atoms with Gasteiger partial charge in [-0.2, -0.15) is 0 Å². The van der Waals surface area contributed by atoms with Crippen molar-refractivity contribution in [2.45, 2.75) is 0 Å². The molecular formula is C11H8N4O3S. The first kappa shape index (κ1) is 12.8. The van der Waals surface area contributed by atoms with Crippen molar-refractivity contribution in [3.63, 3.8) is 0 Å². The first-order valence-electron chi connectivity index (χ1n) is 5.15. The second kappa shape index (κ2) is 5.83. The number of non-ortho nitro benzene ring substituents is 1. The van der Waals surface area contributed by atoms with Gasteiger partial charge in [-0.15, -0.1) is 10.2 Å². The Labute approximate surface area is 111 Å². The minimum absolute atomic E-state index is 0.0216. The molecule has 0 aliphatic carbocycles. The topological polar surface area (TPSA) is 98.0 Å². The number of amides is 1. The highest BCUT2D eigenvalue weighted by molar-refractivity contribution is 7.13. The molecular weight excluding hydrogens is 268 g/mol. The number of hydrogen-bond donors (Lipinski definition) is 1. The van der Waals surface area contributed by atoms with E-state index in [1.54, 1.807) is 12.1 Å². The molecule has 0 radical (unpaired) electrons. The summed E-state index contributed by atoms with van der Waals surface area (Å²) in [6.45, 7) is 0. The molecule has 0 saturated carbocycles. The Balaban J connectivity index is 2.04. The van der Waals surface area contributed by atoms with Crippen LogP contribution in [0.2, 0.25) is 0 Å². The number of benzene rings is 1. The summed E-state index contributed by atoms with van der Waals surface area (Å²) in [5.41, 5.74) is 2.05. The van der Waals surface area contributed by atoms with Crippen LogP contribution >= 0.6 is 11.3 Å². The monoisotopic (exact) mass is 276 g/mol. The number of rotatable bonds is 4. The average Bonchev–Trinajstić information content (AvgIpc) is 2.89. The third kappa shape index (κ3) is 3.68. The van der Waals surface area contributed by atoms with Crippen LogP contribution in [0.25, 0.3) is 6.08 Å². The van der Waals surface area contributed by atoms with Crippen molar-refractivity contribution >= 4 is 34.1 Å². The molecule has 1 aromatic heterocycles. The Hall–Kier alpha value is -2.61. The molecule has 1 N–H and O–H groups in total. The maximum Gasteiger partial charge on any atom is 0.270 e. The van der Waals surface area contributed by atoms with E-state index in [2.05, 4.69) is 15.5 Å². The van der Waals surface area contributed by atoms with E-state index in [1.165, 1.54) is 41.1 Å². The van der Waals surface area contributed by atoms with E-state index in [4.69, 9.17) is 0 Å². The number of anilines is 1. The van der Waals surface area contributed by atoms with Crippen molar-refractivity contribution in [3.05, 3.63) is 51.5 Å². The molecule has 7 nitrogen and oxygen atoms in total. The number of nitrogens with one attached hydrogen (secondary N) is 1. The van der Waals surface area contributed by atoms with Gasteiger partial charge in [-0.05, 0) is 11.6 Å². The summed E-state index contributed by atoms with van der Waals surface area (Å²) in [4.78, 5) is 21.6. The van der Waals surface area contributed by atoms with E-state index < -0.39 is 4.92 Å². The molecule has 2 rings (SSSR count). The average molecular weight is 276 g/mol. The molecule has 1 amide bonds. The lowest BCUT2D eigenvalue weighted by atomic mass is 10.2. The second-order valence-corrected chi connectivity index (χ2v) is 4.25. The van der Waals surface area contributed by atoms with Crippen molar-refractivity contribution in [3.8, 4) is 0 Å². The van der Waals surface area contributed by atoms with E-state index in [0.29, 0.717) is 10.7 Å². The van der Waals surface area contributed by atoms with Crippen LogP contribution in [0.5, 0.6) is 0 Å². The predicted molar refractivity (Wildman–Crippen MR) is 70.7 cm³/mol. The molecule has 0 aliphatic rings. The molecule has 0 saturated heterocycles. The van der Waals surface area contributed by atoms with E-state index in [-0.39, 0.29) is 11.6 Å². The molecule has 1 aromatic carbocycles. The van der Waals surface area contributed by atoms with Crippen LogP contribution in [0.3, 0.4) is 0 Å². The molecule has 0 aliphatic heterocycles. The fourth-order valence-corrected chi connectivity index (χ4v) is 1.74. The molecule has 0 unspecified atom stereocenters. The molecule has 1 heterocycles. The Bertz CT molecular complexity index is 625. The van der Waals surface area contributed by atoms with Crippen LogP contribution in [-0.4, -0.2) is 21.0 Å². The molecule has 2 aromatic rings. The van der Waals surface area contributed by atoms with E-state index in [0.717, 1.165) is 0 Å². The van der Waals surface area contributed by atoms with Gasteiger partial charge in [0.2, 0.25) is 11.0 Å². The number of hydrogen-bond acceptors (Lipinski definition) is 6. The zero-order valence-electron chi connectivity index (χ0n) is 9.52. The largest absolute Gasteiger partial charge is 0.297 e. The van der Waals surface area contributed by atoms with Crippen LogP contribution in [0.1, 0.15) is 5.56 Å². The normalized spacial score (nSPS) is 10.5. The molecule has 19 heavy (non-hydrogen) atoms. The third-order valence-corrected chi connectivity index (χ3v) is 2.71. The maximum atomic E-state index is 11.5. The molecule has 96 valence electrons. The summed E-state index contributed by atoms with van der Waals surface area (Å²) < 4.78 is 0. The molecule has 0 fully saturated rings. The minimum Gasteiger partial charge on any atom is -0.297 e. The summed E-state index contributed by atoms with van der Waals surface area (Å²) in [6.07, 6.45) is 2.77. The SMILES string of the molecule is O=C(/C=C/c1cccc([N+](=O)[O-])c1)Nc1nncs1.